The van der Waals surface area contributed by atoms with Gasteiger partial charge in [0.15, 0.2) is 0 Å². The van der Waals surface area contributed by atoms with Crippen molar-refractivity contribution in [1.29, 1.82) is 0 Å². The van der Waals surface area contributed by atoms with Crippen LogP contribution in [0.1, 0.15) is 47.9 Å². The number of halogens is 1. The number of benzene rings is 2. The van der Waals surface area contributed by atoms with Crippen LogP contribution in [0.5, 0.6) is 5.75 Å². The molecule has 5 heteroatoms. The summed E-state index contributed by atoms with van der Waals surface area (Å²) in [6.45, 7) is 4.78. The monoisotopic (exact) mass is 433 g/mol. The third kappa shape index (κ3) is 4.38. The SMILES string of the molecule is CCc1cc(Br)c(OCc2c(NC(=S)OC)cccc2C2CC2)cc1C. The van der Waals surface area contributed by atoms with Crippen LogP contribution >= 0.6 is 28.1 Å². The largest absolute Gasteiger partial charge is 0.488 e. The molecule has 1 saturated carbocycles. The molecule has 0 aliphatic heterocycles. The second-order valence-corrected chi connectivity index (χ2v) is 7.84. The molecule has 0 unspecified atom stereocenters. The third-order valence-electron chi connectivity index (χ3n) is 4.79. The van der Waals surface area contributed by atoms with Gasteiger partial charge in [-0.15, -0.1) is 0 Å². The molecule has 0 saturated heterocycles. The minimum atomic E-state index is 0.364. The molecule has 0 spiro atoms. The predicted molar refractivity (Wildman–Crippen MR) is 114 cm³/mol. The topological polar surface area (TPSA) is 30.5 Å². The summed E-state index contributed by atoms with van der Waals surface area (Å²) in [6.07, 6.45) is 3.48. The fraction of sp³-hybridized carbons (Fsp3) is 0.381. The summed E-state index contributed by atoms with van der Waals surface area (Å²) in [5.41, 5.74) is 6.03. The molecule has 2 aromatic rings. The highest BCUT2D eigenvalue weighted by atomic mass is 79.9. The van der Waals surface area contributed by atoms with Gasteiger partial charge in [0.25, 0.3) is 5.17 Å². The van der Waals surface area contributed by atoms with E-state index >= 15 is 0 Å². The number of thiocarbonyl (C=S) groups is 1. The molecule has 1 fully saturated rings. The molecule has 138 valence electrons. The Bertz CT molecular complexity index is 818. The highest BCUT2D eigenvalue weighted by Gasteiger charge is 2.27. The van der Waals surface area contributed by atoms with Crippen LogP contribution in [0.25, 0.3) is 0 Å². The van der Waals surface area contributed by atoms with Crippen molar-refractivity contribution in [3.8, 4) is 5.75 Å². The fourth-order valence-electron chi connectivity index (χ4n) is 3.16. The lowest BCUT2D eigenvalue weighted by atomic mass is 10.0. The van der Waals surface area contributed by atoms with Crippen molar-refractivity contribution in [2.24, 2.45) is 0 Å². The Labute approximate surface area is 169 Å². The minimum absolute atomic E-state index is 0.364. The zero-order valence-electron chi connectivity index (χ0n) is 15.4. The van der Waals surface area contributed by atoms with E-state index in [1.54, 1.807) is 7.11 Å². The lowest BCUT2D eigenvalue weighted by Gasteiger charge is -2.18. The van der Waals surface area contributed by atoms with Gasteiger partial charge in [-0.1, -0.05) is 19.1 Å². The molecule has 0 aromatic heterocycles. The van der Waals surface area contributed by atoms with E-state index < -0.39 is 0 Å². The minimum Gasteiger partial charge on any atom is -0.488 e. The Kier molecular flexibility index (Phi) is 6.20. The maximum absolute atomic E-state index is 6.21. The summed E-state index contributed by atoms with van der Waals surface area (Å²) in [6, 6.07) is 10.5. The lowest BCUT2D eigenvalue weighted by Crippen LogP contribution is -2.14. The molecular weight excluding hydrogens is 410 g/mol. The zero-order chi connectivity index (χ0) is 18.7. The maximum Gasteiger partial charge on any atom is 0.260 e. The van der Waals surface area contributed by atoms with Crippen LogP contribution in [0.3, 0.4) is 0 Å². The lowest BCUT2D eigenvalue weighted by molar-refractivity contribution is 0.303. The van der Waals surface area contributed by atoms with Gasteiger partial charge in [-0.2, -0.15) is 0 Å². The Morgan fingerprint density at radius 1 is 1.31 bits per heavy atom. The number of methoxy groups -OCH3 is 1. The van der Waals surface area contributed by atoms with E-state index in [1.165, 1.54) is 29.5 Å². The van der Waals surface area contributed by atoms with Crippen LogP contribution < -0.4 is 10.1 Å². The molecule has 1 aliphatic rings. The van der Waals surface area contributed by atoms with Gasteiger partial charge in [-0.3, -0.25) is 0 Å². The zero-order valence-corrected chi connectivity index (χ0v) is 17.8. The van der Waals surface area contributed by atoms with Crippen molar-refractivity contribution in [3.05, 3.63) is 57.1 Å². The summed E-state index contributed by atoms with van der Waals surface area (Å²) in [5, 5.41) is 3.55. The molecule has 0 bridgehead atoms. The second-order valence-electron chi connectivity index (χ2n) is 6.62. The smallest absolute Gasteiger partial charge is 0.260 e. The van der Waals surface area contributed by atoms with Gasteiger partial charge in [0.1, 0.15) is 12.4 Å². The molecule has 1 aliphatic carbocycles. The number of anilines is 1. The van der Waals surface area contributed by atoms with Crippen LogP contribution in [0.4, 0.5) is 5.69 Å². The normalized spacial score (nSPS) is 13.4. The van der Waals surface area contributed by atoms with E-state index in [0.717, 1.165) is 27.9 Å². The molecule has 0 radical (unpaired) electrons. The second kappa shape index (κ2) is 8.40. The molecule has 1 N–H and O–H groups in total. The average molecular weight is 434 g/mol. The molecule has 0 amide bonds. The van der Waals surface area contributed by atoms with Gasteiger partial charge in [0, 0.05) is 11.3 Å². The highest BCUT2D eigenvalue weighted by molar-refractivity contribution is 9.10. The number of ether oxygens (including phenoxy) is 2. The predicted octanol–water partition coefficient (Wildman–Crippen LogP) is 6.12. The number of rotatable bonds is 6. The highest BCUT2D eigenvalue weighted by Crippen LogP contribution is 2.43. The van der Waals surface area contributed by atoms with Crippen LogP contribution in [0.15, 0.2) is 34.8 Å². The van der Waals surface area contributed by atoms with Gasteiger partial charge >= 0.3 is 0 Å². The van der Waals surface area contributed by atoms with E-state index in [0.29, 0.717) is 17.7 Å². The molecule has 3 rings (SSSR count). The van der Waals surface area contributed by atoms with E-state index in [9.17, 15) is 0 Å². The summed E-state index contributed by atoms with van der Waals surface area (Å²) >= 11 is 8.83. The quantitative estimate of drug-likeness (QED) is 0.555. The van der Waals surface area contributed by atoms with E-state index in [1.807, 2.05) is 6.07 Å². The Hall–Kier alpha value is -1.59. The molecule has 0 heterocycles. The Morgan fingerprint density at radius 3 is 2.73 bits per heavy atom. The van der Waals surface area contributed by atoms with Crippen molar-refractivity contribution >= 4 is 39.0 Å². The number of nitrogens with one attached hydrogen (secondary N) is 1. The molecular formula is C21H24BrNO2S. The van der Waals surface area contributed by atoms with Gasteiger partial charge in [0.05, 0.1) is 11.6 Å². The van der Waals surface area contributed by atoms with E-state index in [4.69, 9.17) is 21.7 Å². The summed E-state index contributed by atoms with van der Waals surface area (Å²) in [7, 11) is 1.57. The average Bonchev–Trinajstić information content (AvgIpc) is 3.47. The van der Waals surface area contributed by atoms with Gasteiger partial charge in [-0.05, 0) is 95.1 Å². The number of hydrogen-bond acceptors (Lipinski definition) is 3. The molecule has 26 heavy (non-hydrogen) atoms. The standard InChI is InChI=1S/C21H24BrNO2S/c1-4-14-11-18(22)20(10-13(14)2)25-12-17-16(15-8-9-15)6-5-7-19(17)23-21(26)24-3/h5-7,10-11,15H,4,8-9,12H2,1-3H3,(H,23,26). The maximum atomic E-state index is 6.21. The van der Waals surface area contributed by atoms with E-state index in [-0.39, 0.29) is 0 Å². The van der Waals surface area contributed by atoms with E-state index in [2.05, 4.69) is 59.4 Å². The van der Waals surface area contributed by atoms with Crippen LogP contribution in [0, 0.1) is 6.92 Å². The molecule has 0 atom stereocenters. The first kappa shape index (κ1) is 19.2. The van der Waals surface area contributed by atoms with Crippen molar-refractivity contribution in [2.75, 3.05) is 12.4 Å². The van der Waals surface area contributed by atoms with Crippen molar-refractivity contribution in [1.82, 2.24) is 0 Å². The van der Waals surface area contributed by atoms with Crippen molar-refractivity contribution in [3.63, 3.8) is 0 Å². The molecule has 2 aromatic carbocycles. The third-order valence-corrected chi connectivity index (χ3v) is 5.68. The van der Waals surface area contributed by atoms with Gasteiger partial charge < -0.3 is 14.8 Å². The summed E-state index contributed by atoms with van der Waals surface area (Å²) < 4.78 is 12.3. The first-order valence-corrected chi connectivity index (χ1v) is 10.1. The van der Waals surface area contributed by atoms with Crippen LogP contribution in [-0.4, -0.2) is 12.3 Å². The molecule has 3 nitrogen and oxygen atoms in total. The van der Waals surface area contributed by atoms with Gasteiger partial charge in [0.2, 0.25) is 0 Å². The van der Waals surface area contributed by atoms with Crippen molar-refractivity contribution in [2.45, 2.75) is 45.6 Å². The van der Waals surface area contributed by atoms with Gasteiger partial charge in [-0.25, -0.2) is 0 Å². The van der Waals surface area contributed by atoms with Crippen LogP contribution in [0.2, 0.25) is 0 Å². The first-order chi connectivity index (χ1) is 12.5. The van der Waals surface area contributed by atoms with Crippen LogP contribution in [-0.2, 0) is 17.8 Å². The fourth-order valence-corrected chi connectivity index (χ4v) is 3.77. The number of aryl methyl sites for hydroxylation is 2. The number of hydrogen-bond donors (Lipinski definition) is 1. The Morgan fingerprint density at radius 2 is 2.08 bits per heavy atom. The summed E-state index contributed by atoms with van der Waals surface area (Å²) in [4.78, 5) is 0. The first-order valence-electron chi connectivity index (χ1n) is 8.92. The Balaban J connectivity index is 1.87. The summed E-state index contributed by atoms with van der Waals surface area (Å²) in [5.74, 6) is 1.49. The van der Waals surface area contributed by atoms with Crippen molar-refractivity contribution < 1.29 is 9.47 Å².